The molecule has 4 atom stereocenters. The van der Waals surface area contributed by atoms with Crippen molar-refractivity contribution >= 4 is 12.1 Å². The molecule has 1 rings (SSSR count). The highest BCUT2D eigenvalue weighted by Crippen LogP contribution is 2.29. The minimum Gasteiger partial charge on any atom is -0.480 e. The van der Waals surface area contributed by atoms with Gasteiger partial charge in [-0.25, -0.2) is 9.59 Å². The van der Waals surface area contributed by atoms with E-state index in [0.29, 0.717) is 12.8 Å². The van der Waals surface area contributed by atoms with Gasteiger partial charge >= 0.3 is 12.1 Å². The van der Waals surface area contributed by atoms with Gasteiger partial charge in [0.15, 0.2) is 0 Å². The molecule has 0 aromatic rings. The molecule has 0 radical (unpaired) electrons. The molecule has 0 spiro atoms. The van der Waals surface area contributed by atoms with Gasteiger partial charge in [0, 0.05) is 0 Å². The Morgan fingerprint density at radius 3 is 2.67 bits per heavy atom. The summed E-state index contributed by atoms with van der Waals surface area (Å²) in [4.78, 5) is 22.4. The maximum atomic E-state index is 11.2. The molecule has 104 valence electrons. The van der Waals surface area contributed by atoms with Gasteiger partial charge in [-0.3, -0.25) is 0 Å². The third kappa shape index (κ3) is 3.87. The van der Waals surface area contributed by atoms with Gasteiger partial charge in [-0.1, -0.05) is 6.92 Å². The first-order valence-electron chi connectivity index (χ1n) is 6.20. The first-order chi connectivity index (χ1) is 8.47. The second-order valence-electron chi connectivity index (χ2n) is 4.66. The van der Waals surface area contributed by atoms with Crippen LogP contribution in [0.15, 0.2) is 0 Å². The minimum absolute atomic E-state index is 0.00926. The zero-order valence-electron chi connectivity index (χ0n) is 11.0. The van der Waals surface area contributed by atoms with E-state index in [1.165, 1.54) is 7.11 Å². The van der Waals surface area contributed by atoms with Gasteiger partial charge < -0.3 is 19.9 Å². The summed E-state index contributed by atoms with van der Waals surface area (Å²) in [6, 6.07) is -0.919. The monoisotopic (exact) mass is 259 g/mol. The third-order valence-corrected chi connectivity index (χ3v) is 3.28. The standard InChI is InChI=1S/C12H21NO5/c1-4-9-6-8(5-7(2)18-9)10(11(14)15)13-12(16)17-3/h7-10H,4-6H2,1-3H3,(H,13,16)(H,14,15)/t7-,8+,9-,10+/m1/s1. The number of carboxylic acids is 1. The van der Waals surface area contributed by atoms with Crippen LogP contribution in [-0.2, 0) is 14.3 Å². The molecule has 0 saturated carbocycles. The fourth-order valence-electron chi connectivity index (χ4n) is 2.40. The van der Waals surface area contributed by atoms with Crippen molar-refractivity contribution in [2.45, 2.75) is 51.4 Å². The second-order valence-corrected chi connectivity index (χ2v) is 4.66. The predicted molar refractivity (Wildman–Crippen MR) is 64.3 cm³/mol. The maximum Gasteiger partial charge on any atom is 0.407 e. The number of alkyl carbamates (subject to hydrolysis) is 1. The lowest BCUT2D eigenvalue weighted by Gasteiger charge is -2.36. The molecule has 1 aliphatic rings. The Hall–Kier alpha value is -1.30. The number of hydrogen-bond donors (Lipinski definition) is 2. The number of amides is 1. The van der Waals surface area contributed by atoms with Crippen LogP contribution in [0.3, 0.4) is 0 Å². The molecule has 0 aromatic heterocycles. The topological polar surface area (TPSA) is 84.9 Å². The summed E-state index contributed by atoms with van der Waals surface area (Å²) in [5.41, 5.74) is 0. The normalized spacial score (nSPS) is 29.4. The molecule has 0 aliphatic carbocycles. The SMILES string of the molecule is CC[C@@H]1C[C@@H]([C@H](NC(=O)OC)C(=O)O)C[C@@H](C)O1. The largest absolute Gasteiger partial charge is 0.480 e. The van der Waals surface area contributed by atoms with Gasteiger partial charge in [-0.15, -0.1) is 0 Å². The van der Waals surface area contributed by atoms with E-state index in [4.69, 9.17) is 4.74 Å². The van der Waals surface area contributed by atoms with E-state index in [1.54, 1.807) is 0 Å². The van der Waals surface area contributed by atoms with Gasteiger partial charge in [-0.2, -0.15) is 0 Å². The van der Waals surface area contributed by atoms with Crippen LogP contribution in [0.4, 0.5) is 4.79 Å². The van der Waals surface area contributed by atoms with Crippen LogP contribution in [0.2, 0.25) is 0 Å². The quantitative estimate of drug-likeness (QED) is 0.797. The predicted octanol–water partition coefficient (Wildman–Crippen LogP) is 1.39. The number of carboxylic acid groups (broad SMARTS) is 1. The van der Waals surface area contributed by atoms with Crippen LogP contribution >= 0.6 is 0 Å². The number of ether oxygens (including phenoxy) is 2. The molecule has 2 N–H and O–H groups in total. The molecule has 6 nitrogen and oxygen atoms in total. The average molecular weight is 259 g/mol. The molecule has 1 aliphatic heterocycles. The van der Waals surface area contributed by atoms with Crippen LogP contribution in [-0.4, -0.2) is 42.5 Å². The summed E-state index contributed by atoms with van der Waals surface area (Å²) in [6.45, 7) is 3.93. The van der Waals surface area contributed by atoms with E-state index >= 15 is 0 Å². The molecule has 18 heavy (non-hydrogen) atoms. The minimum atomic E-state index is -1.03. The van der Waals surface area contributed by atoms with Gasteiger partial charge in [0.1, 0.15) is 6.04 Å². The fourth-order valence-corrected chi connectivity index (χ4v) is 2.40. The van der Waals surface area contributed by atoms with Crippen molar-refractivity contribution in [1.29, 1.82) is 0 Å². The Morgan fingerprint density at radius 2 is 2.17 bits per heavy atom. The Balaban J connectivity index is 2.72. The van der Waals surface area contributed by atoms with Crippen molar-refractivity contribution in [2.24, 2.45) is 5.92 Å². The highest BCUT2D eigenvalue weighted by atomic mass is 16.5. The highest BCUT2D eigenvalue weighted by molar-refractivity contribution is 5.80. The van der Waals surface area contributed by atoms with Gasteiger partial charge in [0.05, 0.1) is 19.3 Å². The second kappa shape index (κ2) is 6.58. The summed E-state index contributed by atoms with van der Waals surface area (Å²) in [7, 11) is 1.22. The number of hydrogen-bond acceptors (Lipinski definition) is 4. The third-order valence-electron chi connectivity index (χ3n) is 3.28. The molecular weight excluding hydrogens is 238 g/mol. The Bertz CT molecular complexity index is 307. The number of carbonyl (C=O) groups excluding carboxylic acids is 1. The van der Waals surface area contributed by atoms with Crippen molar-refractivity contribution in [1.82, 2.24) is 5.32 Å². The van der Waals surface area contributed by atoms with Crippen LogP contribution in [0.1, 0.15) is 33.1 Å². The van der Waals surface area contributed by atoms with E-state index in [9.17, 15) is 14.7 Å². The highest BCUT2D eigenvalue weighted by Gasteiger charge is 2.36. The van der Waals surface area contributed by atoms with Crippen LogP contribution < -0.4 is 5.32 Å². The van der Waals surface area contributed by atoms with E-state index in [1.807, 2.05) is 13.8 Å². The van der Waals surface area contributed by atoms with E-state index in [2.05, 4.69) is 10.1 Å². The molecule has 1 amide bonds. The lowest BCUT2D eigenvalue weighted by Crippen LogP contribution is -2.49. The summed E-state index contributed by atoms with van der Waals surface area (Å²) < 4.78 is 10.1. The van der Waals surface area contributed by atoms with Crippen molar-refractivity contribution in [3.63, 3.8) is 0 Å². The zero-order chi connectivity index (χ0) is 13.7. The number of nitrogens with one attached hydrogen (secondary N) is 1. The number of carbonyl (C=O) groups is 2. The molecule has 0 aromatic carbocycles. The first-order valence-corrected chi connectivity index (χ1v) is 6.20. The van der Waals surface area contributed by atoms with Crippen LogP contribution in [0.25, 0.3) is 0 Å². The van der Waals surface area contributed by atoms with Crippen molar-refractivity contribution in [3.05, 3.63) is 0 Å². The number of aliphatic carboxylic acids is 1. The summed E-state index contributed by atoms with van der Waals surface area (Å²) >= 11 is 0. The lowest BCUT2D eigenvalue weighted by molar-refractivity contribution is -0.143. The Labute approximate surface area is 107 Å². The van der Waals surface area contributed by atoms with Crippen molar-refractivity contribution in [2.75, 3.05) is 7.11 Å². The van der Waals surface area contributed by atoms with Crippen molar-refractivity contribution in [3.8, 4) is 0 Å². The lowest BCUT2D eigenvalue weighted by atomic mass is 9.85. The van der Waals surface area contributed by atoms with Gasteiger partial charge in [0.2, 0.25) is 0 Å². The molecule has 1 saturated heterocycles. The Kier molecular flexibility index (Phi) is 5.40. The molecule has 1 fully saturated rings. The van der Waals surface area contributed by atoms with E-state index < -0.39 is 18.1 Å². The summed E-state index contributed by atoms with van der Waals surface area (Å²) in [5, 5.41) is 11.6. The van der Waals surface area contributed by atoms with Crippen molar-refractivity contribution < 1.29 is 24.2 Å². The molecule has 0 unspecified atom stereocenters. The summed E-state index contributed by atoms with van der Waals surface area (Å²) in [6.07, 6.45) is 1.45. The summed E-state index contributed by atoms with van der Waals surface area (Å²) in [5.74, 6) is -1.16. The smallest absolute Gasteiger partial charge is 0.407 e. The van der Waals surface area contributed by atoms with E-state index in [-0.39, 0.29) is 18.1 Å². The van der Waals surface area contributed by atoms with E-state index in [0.717, 1.165) is 6.42 Å². The first kappa shape index (κ1) is 14.8. The number of methoxy groups -OCH3 is 1. The average Bonchev–Trinajstić information content (AvgIpc) is 2.34. The fraction of sp³-hybridized carbons (Fsp3) is 0.833. The zero-order valence-corrected chi connectivity index (χ0v) is 11.0. The molecule has 0 bridgehead atoms. The van der Waals surface area contributed by atoms with Gasteiger partial charge in [0.25, 0.3) is 0 Å². The number of rotatable bonds is 4. The molecule has 6 heteroatoms. The molecule has 1 heterocycles. The van der Waals surface area contributed by atoms with Crippen LogP contribution in [0.5, 0.6) is 0 Å². The Morgan fingerprint density at radius 1 is 1.50 bits per heavy atom. The van der Waals surface area contributed by atoms with Crippen LogP contribution in [0, 0.1) is 5.92 Å². The maximum absolute atomic E-state index is 11.2. The van der Waals surface area contributed by atoms with Gasteiger partial charge in [-0.05, 0) is 32.1 Å². The molecular formula is C12H21NO5.